The molecule has 0 bridgehead atoms. The number of aromatic nitrogens is 4. The highest BCUT2D eigenvalue weighted by molar-refractivity contribution is 5.95. The molecule has 0 saturated heterocycles. The number of rotatable bonds is 8. The number of likely N-dealkylation sites (N-methyl/N-ethyl adjacent to an activating group) is 1. The van der Waals surface area contributed by atoms with Gasteiger partial charge in [0.1, 0.15) is 6.33 Å². The molecule has 0 aliphatic carbocycles. The average Bonchev–Trinajstić information content (AvgIpc) is 3.24. The third kappa shape index (κ3) is 5.39. The summed E-state index contributed by atoms with van der Waals surface area (Å²) in [6.07, 6.45) is 4.88. The number of carbonyl (C=O) groups is 1. The molecule has 0 aliphatic heterocycles. The lowest BCUT2D eigenvalue weighted by molar-refractivity contribution is 0.0951. The fourth-order valence-electron chi connectivity index (χ4n) is 3.27. The molecule has 2 N–H and O–H groups in total. The molecule has 2 aromatic heterocycles. The monoisotopic (exact) mass is 442 g/mol. The van der Waals surface area contributed by atoms with Crippen molar-refractivity contribution in [2.24, 2.45) is 5.10 Å². The molecular formula is C24H26N8O. The van der Waals surface area contributed by atoms with E-state index < -0.39 is 0 Å². The first-order valence-corrected chi connectivity index (χ1v) is 10.6. The summed E-state index contributed by atoms with van der Waals surface area (Å²) in [6, 6.07) is 15.3. The van der Waals surface area contributed by atoms with Crippen molar-refractivity contribution in [2.45, 2.75) is 6.92 Å². The lowest BCUT2D eigenvalue weighted by Gasteiger charge is -2.10. The number of nitrogens with one attached hydrogen (secondary N) is 2. The van der Waals surface area contributed by atoms with Crippen molar-refractivity contribution in [2.75, 3.05) is 32.6 Å². The van der Waals surface area contributed by atoms with Crippen LogP contribution in [0.5, 0.6) is 0 Å². The van der Waals surface area contributed by atoms with Gasteiger partial charge in [0.25, 0.3) is 5.91 Å². The third-order valence-corrected chi connectivity index (χ3v) is 5.01. The Labute approximate surface area is 192 Å². The summed E-state index contributed by atoms with van der Waals surface area (Å²) in [5.41, 5.74) is 7.21. The van der Waals surface area contributed by atoms with E-state index in [9.17, 15) is 4.79 Å². The summed E-state index contributed by atoms with van der Waals surface area (Å²) in [6.45, 7) is 3.44. The molecule has 0 fully saturated rings. The van der Waals surface area contributed by atoms with Crippen molar-refractivity contribution in [1.82, 2.24) is 30.0 Å². The number of amides is 1. The summed E-state index contributed by atoms with van der Waals surface area (Å²) in [5.74, 6) is 0.472. The first-order chi connectivity index (χ1) is 16.0. The highest BCUT2D eigenvalue weighted by atomic mass is 16.1. The van der Waals surface area contributed by atoms with Crippen LogP contribution in [-0.4, -0.2) is 64.0 Å². The Morgan fingerprint density at radius 1 is 1.15 bits per heavy atom. The summed E-state index contributed by atoms with van der Waals surface area (Å²) in [7, 11) is 3.94. The van der Waals surface area contributed by atoms with E-state index in [-0.39, 0.29) is 5.91 Å². The van der Waals surface area contributed by atoms with Gasteiger partial charge in [-0.25, -0.2) is 14.6 Å². The number of carbonyl (C=O) groups excluding carboxylic acids is 1. The summed E-state index contributed by atoms with van der Waals surface area (Å²) >= 11 is 0. The van der Waals surface area contributed by atoms with Crippen LogP contribution in [0.4, 0.5) is 5.82 Å². The Hall–Kier alpha value is -4.11. The highest BCUT2D eigenvalue weighted by Gasteiger charge is 2.11. The van der Waals surface area contributed by atoms with Gasteiger partial charge in [-0.05, 0) is 56.4 Å². The van der Waals surface area contributed by atoms with Gasteiger partial charge in [-0.3, -0.25) is 10.2 Å². The molecule has 0 radical (unpaired) electrons. The molecule has 1 amide bonds. The van der Waals surface area contributed by atoms with Crippen LogP contribution in [0, 0.1) is 6.92 Å². The number of nitrogens with zero attached hydrogens (tertiary/aromatic N) is 6. The van der Waals surface area contributed by atoms with Crippen LogP contribution in [-0.2, 0) is 0 Å². The van der Waals surface area contributed by atoms with E-state index in [4.69, 9.17) is 0 Å². The molecule has 0 saturated carbocycles. The zero-order chi connectivity index (χ0) is 23.2. The van der Waals surface area contributed by atoms with Gasteiger partial charge >= 0.3 is 0 Å². The quantitative estimate of drug-likeness (QED) is 0.322. The first-order valence-electron chi connectivity index (χ1n) is 10.6. The second-order valence-corrected chi connectivity index (χ2v) is 7.91. The van der Waals surface area contributed by atoms with E-state index in [1.54, 1.807) is 29.2 Å². The predicted molar refractivity (Wildman–Crippen MR) is 130 cm³/mol. The summed E-state index contributed by atoms with van der Waals surface area (Å²) in [4.78, 5) is 22.9. The summed E-state index contributed by atoms with van der Waals surface area (Å²) < 4.78 is 1.78. The SMILES string of the molecule is Cc1cccc(-n2ncc3c(N/N=C/c4ccc(C(=O)NCCN(C)C)cc4)ncnc32)c1. The molecule has 0 unspecified atom stereocenters. The Kier molecular flexibility index (Phi) is 6.70. The number of hydrogen-bond donors (Lipinski definition) is 2. The Morgan fingerprint density at radius 2 is 1.97 bits per heavy atom. The molecule has 2 heterocycles. The highest BCUT2D eigenvalue weighted by Crippen LogP contribution is 2.22. The molecule has 4 rings (SSSR count). The van der Waals surface area contributed by atoms with E-state index in [1.807, 2.05) is 62.3 Å². The minimum absolute atomic E-state index is 0.0903. The van der Waals surface area contributed by atoms with Crippen molar-refractivity contribution in [3.05, 3.63) is 77.7 Å². The Morgan fingerprint density at radius 3 is 2.73 bits per heavy atom. The Balaban J connectivity index is 1.43. The van der Waals surface area contributed by atoms with Crippen LogP contribution in [0.2, 0.25) is 0 Å². The van der Waals surface area contributed by atoms with E-state index in [0.717, 1.165) is 28.7 Å². The molecule has 2 aromatic carbocycles. The van der Waals surface area contributed by atoms with Crippen LogP contribution in [0.3, 0.4) is 0 Å². The molecule has 0 atom stereocenters. The molecular weight excluding hydrogens is 416 g/mol. The standard InChI is InChI=1S/C24H26N8O/c1-17-5-4-6-20(13-17)32-23-21(15-29-32)22(26-16-27-23)30-28-14-18-7-9-19(10-8-18)24(33)25-11-12-31(2)3/h4-10,13-16H,11-12H2,1-3H3,(H,25,33)(H,26,27,30)/b28-14+. The first kappa shape index (κ1) is 22.1. The number of aryl methyl sites for hydroxylation is 1. The predicted octanol–water partition coefficient (Wildman–Crippen LogP) is 2.86. The van der Waals surface area contributed by atoms with Gasteiger partial charge in [0, 0.05) is 18.7 Å². The number of fused-ring (bicyclic) bond motifs is 1. The van der Waals surface area contributed by atoms with Gasteiger partial charge in [-0.1, -0.05) is 24.3 Å². The van der Waals surface area contributed by atoms with Crippen LogP contribution < -0.4 is 10.7 Å². The molecule has 9 heteroatoms. The average molecular weight is 443 g/mol. The topological polar surface area (TPSA) is 100 Å². The molecule has 33 heavy (non-hydrogen) atoms. The van der Waals surface area contributed by atoms with Crippen molar-refractivity contribution in [3.63, 3.8) is 0 Å². The molecule has 0 spiro atoms. The number of hydrogen-bond acceptors (Lipinski definition) is 7. The van der Waals surface area contributed by atoms with Crippen LogP contribution in [0.25, 0.3) is 16.7 Å². The molecule has 168 valence electrons. The van der Waals surface area contributed by atoms with Crippen LogP contribution in [0.15, 0.2) is 66.2 Å². The van der Waals surface area contributed by atoms with Crippen molar-refractivity contribution in [3.8, 4) is 5.69 Å². The van der Waals surface area contributed by atoms with Gasteiger partial charge in [-0.2, -0.15) is 10.2 Å². The maximum Gasteiger partial charge on any atom is 0.251 e. The number of anilines is 1. The molecule has 0 aliphatic rings. The lowest BCUT2D eigenvalue weighted by Crippen LogP contribution is -2.31. The van der Waals surface area contributed by atoms with Crippen molar-refractivity contribution < 1.29 is 4.79 Å². The zero-order valence-corrected chi connectivity index (χ0v) is 18.9. The van der Waals surface area contributed by atoms with Crippen LogP contribution >= 0.6 is 0 Å². The lowest BCUT2D eigenvalue weighted by atomic mass is 10.1. The smallest absolute Gasteiger partial charge is 0.251 e. The van der Waals surface area contributed by atoms with Gasteiger partial charge < -0.3 is 10.2 Å². The minimum Gasteiger partial charge on any atom is -0.351 e. The van der Waals surface area contributed by atoms with E-state index in [0.29, 0.717) is 23.6 Å². The molecule has 9 nitrogen and oxygen atoms in total. The maximum absolute atomic E-state index is 12.2. The maximum atomic E-state index is 12.2. The van der Waals surface area contributed by atoms with Gasteiger partial charge in [-0.15, -0.1) is 0 Å². The second kappa shape index (κ2) is 10.0. The fraction of sp³-hybridized carbons (Fsp3) is 0.208. The second-order valence-electron chi connectivity index (χ2n) is 7.91. The van der Waals surface area contributed by atoms with E-state index in [2.05, 4.69) is 30.9 Å². The molecule has 4 aromatic rings. The van der Waals surface area contributed by atoms with Gasteiger partial charge in [0.05, 0.1) is 23.5 Å². The van der Waals surface area contributed by atoms with Gasteiger partial charge in [0.15, 0.2) is 11.5 Å². The van der Waals surface area contributed by atoms with E-state index >= 15 is 0 Å². The number of benzene rings is 2. The van der Waals surface area contributed by atoms with Crippen molar-refractivity contribution >= 4 is 29.0 Å². The normalized spacial score (nSPS) is 11.4. The fourth-order valence-corrected chi connectivity index (χ4v) is 3.27. The zero-order valence-electron chi connectivity index (χ0n) is 18.9. The van der Waals surface area contributed by atoms with E-state index in [1.165, 1.54) is 6.33 Å². The minimum atomic E-state index is -0.0903. The largest absolute Gasteiger partial charge is 0.351 e. The third-order valence-electron chi connectivity index (χ3n) is 5.01. The number of hydrazone groups is 1. The Bertz CT molecular complexity index is 1280. The van der Waals surface area contributed by atoms with Crippen LogP contribution in [0.1, 0.15) is 21.5 Å². The van der Waals surface area contributed by atoms with Gasteiger partial charge in [0.2, 0.25) is 0 Å². The summed E-state index contributed by atoms with van der Waals surface area (Å²) in [5, 5.41) is 12.4. The van der Waals surface area contributed by atoms with Crippen molar-refractivity contribution in [1.29, 1.82) is 0 Å².